The second kappa shape index (κ2) is 4.37. The Kier molecular flexibility index (Phi) is 3.69. The van der Waals surface area contributed by atoms with Crippen LogP contribution in [0.3, 0.4) is 0 Å². The number of carbonyl (C=O) groups is 1. The lowest BCUT2D eigenvalue weighted by Gasteiger charge is -2.20. The van der Waals surface area contributed by atoms with Gasteiger partial charge in [0.05, 0.1) is 0 Å². The molecule has 5 heteroatoms. The number of ether oxygens (including phenoxy) is 1. The second-order valence-electron chi connectivity index (χ2n) is 4.68. The van der Waals surface area contributed by atoms with Crippen molar-refractivity contribution in [3.05, 3.63) is 11.4 Å². The molecule has 1 heterocycles. The highest BCUT2D eigenvalue weighted by atomic mass is 32.1. The molecule has 0 amide bonds. The molecule has 1 rings (SSSR count). The number of hydrogen-bond acceptors (Lipinski definition) is 4. The van der Waals surface area contributed by atoms with Crippen molar-refractivity contribution < 1.29 is 9.53 Å². The second-order valence-corrected chi connectivity index (χ2v) is 5.58. The smallest absolute Gasteiger partial charge is 0.419 e. The van der Waals surface area contributed by atoms with Gasteiger partial charge in [0.15, 0.2) is 0 Å². The molecular weight excluding hydrogens is 242 g/mol. The zero-order valence-corrected chi connectivity index (χ0v) is 11.9. The van der Waals surface area contributed by atoms with Gasteiger partial charge in [-0.3, -0.25) is 4.57 Å². The van der Waals surface area contributed by atoms with Crippen molar-refractivity contribution in [2.24, 2.45) is 0 Å². The largest absolute Gasteiger partial charge is 0.443 e. The van der Waals surface area contributed by atoms with E-state index in [4.69, 9.17) is 4.74 Å². The van der Waals surface area contributed by atoms with Gasteiger partial charge in [-0.2, -0.15) is 0 Å². The van der Waals surface area contributed by atoms with Crippen LogP contribution in [0.25, 0.3) is 0 Å². The first kappa shape index (κ1) is 13.5. The van der Waals surface area contributed by atoms with Crippen molar-refractivity contribution in [1.82, 2.24) is 4.57 Å². The van der Waals surface area contributed by atoms with Crippen molar-refractivity contribution in [2.45, 2.75) is 50.0 Å². The zero-order valence-electron chi connectivity index (χ0n) is 10.2. The maximum absolute atomic E-state index is 11.9. The van der Waals surface area contributed by atoms with Gasteiger partial charge in [-0.05, 0) is 34.6 Å². The molecule has 0 unspecified atom stereocenters. The van der Waals surface area contributed by atoms with Gasteiger partial charge in [0.2, 0.25) is 0 Å². The van der Waals surface area contributed by atoms with Crippen LogP contribution in [0, 0.1) is 13.8 Å². The van der Waals surface area contributed by atoms with Crippen molar-refractivity contribution >= 4 is 31.4 Å². The normalized spacial score (nSPS) is 11.7. The van der Waals surface area contributed by atoms with Crippen LogP contribution in [0.1, 0.15) is 32.2 Å². The third-order valence-corrected chi connectivity index (χ3v) is 3.43. The molecule has 0 saturated heterocycles. The van der Waals surface area contributed by atoms with Gasteiger partial charge in [-0.1, -0.05) is 0 Å². The molecule has 0 aliphatic rings. The average molecular weight is 259 g/mol. The first-order valence-corrected chi connectivity index (χ1v) is 5.87. The first-order valence-electron chi connectivity index (χ1n) is 4.98. The summed E-state index contributed by atoms with van der Waals surface area (Å²) in [5.41, 5.74) is 0.994. The van der Waals surface area contributed by atoms with Crippen LogP contribution in [0.4, 0.5) is 4.79 Å². The third-order valence-electron chi connectivity index (χ3n) is 2.16. The molecule has 0 bridgehead atoms. The van der Waals surface area contributed by atoms with Gasteiger partial charge >= 0.3 is 6.09 Å². The van der Waals surface area contributed by atoms with Crippen LogP contribution >= 0.6 is 25.3 Å². The minimum Gasteiger partial charge on any atom is -0.443 e. The summed E-state index contributed by atoms with van der Waals surface area (Å²) in [7, 11) is 0. The lowest BCUT2D eigenvalue weighted by atomic mass is 10.2. The van der Waals surface area contributed by atoms with Gasteiger partial charge < -0.3 is 4.74 Å². The number of carbonyl (C=O) groups excluding carboxylic acids is 1. The molecule has 0 aliphatic carbocycles. The van der Waals surface area contributed by atoms with E-state index in [0.29, 0.717) is 9.79 Å². The van der Waals surface area contributed by atoms with Crippen LogP contribution in [0.5, 0.6) is 0 Å². The molecule has 16 heavy (non-hydrogen) atoms. The number of hydrogen-bond donors (Lipinski definition) is 2. The SMILES string of the molecule is Cc1c(S)c(S)c(C)n1C(=O)OC(C)(C)C. The quantitative estimate of drug-likeness (QED) is 0.699. The van der Waals surface area contributed by atoms with E-state index in [1.54, 1.807) is 0 Å². The Morgan fingerprint density at radius 3 is 1.81 bits per heavy atom. The highest BCUT2D eigenvalue weighted by molar-refractivity contribution is 7.83. The van der Waals surface area contributed by atoms with Gasteiger partial charge in [0.25, 0.3) is 0 Å². The molecule has 1 aromatic rings. The fourth-order valence-corrected chi connectivity index (χ4v) is 1.91. The minimum atomic E-state index is -0.506. The van der Waals surface area contributed by atoms with E-state index in [1.807, 2.05) is 34.6 Å². The summed E-state index contributed by atoms with van der Waals surface area (Å²) in [6, 6.07) is 0. The third kappa shape index (κ3) is 2.58. The van der Waals surface area contributed by atoms with Gasteiger partial charge in [0.1, 0.15) is 5.60 Å². The molecule has 3 nitrogen and oxygen atoms in total. The molecule has 0 fully saturated rings. The molecule has 90 valence electrons. The molecule has 0 atom stereocenters. The summed E-state index contributed by atoms with van der Waals surface area (Å²) in [5, 5.41) is 0. The maximum atomic E-state index is 11.9. The Morgan fingerprint density at radius 2 is 1.50 bits per heavy atom. The Hall–Kier alpha value is -0.550. The molecular formula is C11H17NO2S2. The lowest BCUT2D eigenvalue weighted by Crippen LogP contribution is -2.28. The summed E-state index contributed by atoms with van der Waals surface area (Å²) >= 11 is 8.61. The highest BCUT2D eigenvalue weighted by Crippen LogP contribution is 2.29. The molecule has 0 N–H and O–H groups in total. The van der Waals surface area contributed by atoms with Crippen LogP contribution < -0.4 is 0 Å². The van der Waals surface area contributed by atoms with Gasteiger partial charge in [0, 0.05) is 21.2 Å². The topological polar surface area (TPSA) is 31.2 Å². The van der Waals surface area contributed by atoms with Gasteiger partial charge in [-0.15, -0.1) is 25.3 Å². The molecule has 0 aliphatic heterocycles. The number of nitrogens with zero attached hydrogens (tertiary/aromatic N) is 1. The molecule has 0 spiro atoms. The highest BCUT2D eigenvalue weighted by Gasteiger charge is 2.23. The van der Waals surface area contributed by atoms with E-state index >= 15 is 0 Å². The van der Waals surface area contributed by atoms with Crippen molar-refractivity contribution in [1.29, 1.82) is 0 Å². The number of rotatable bonds is 0. The zero-order chi connectivity index (χ0) is 12.7. The van der Waals surface area contributed by atoms with Crippen LogP contribution in [0.15, 0.2) is 9.79 Å². The van der Waals surface area contributed by atoms with Crippen molar-refractivity contribution in [3.63, 3.8) is 0 Å². The van der Waals surface area contributed by atoms with E-state index in [1.165, 1.54) is 4.57 Å². The van der Waals surface area contributed by atoms with E-state index in [0.717, 1.165) is 11.4 Å². The predicted octanol–water partition coefficient (Wildman–Crippen LogP) is 3.47. The molecule has 1 aromatic heterocycles. The predicted molar refractivity (Wildman–Crippen MR) is 70.0 cm³/mol. The summed E-state index contributed by atoms with van der Waals surface area (Å²) in [6.07, 6.45) is -0.391. The van der Waals surface area contributed by atoms with E-state index in [-0.39, 0.29) is 0 Å². The minimum absolute atomic E-state index is 0.391. The van der Waals surface area contributed by atoms with Crippen molar-refractivity contribution in [2.75, 3.05) is 0 Å². The lowest BCUT2D eigenvalue weighted by molar-refractivity contribution is 0.0530. The monoisotopic (exact) mass is 259 g/mol. The number of thiol groups is 2. The summed E-state index contributed by atoms with van der Waals surface area (Å²) in [4.78, 5) is 13.4. The summed E-state index contributed by atoms with van der Waals surface area (Å²) in [5.74, 6) is 0. The standard InChI is InChI=1S/C11H17NO2S2/c1-6-8(15)9(16)7(2)12(6)10(13)14-11(3,4)5/h15-16H,1-5H3. The van der Waals surface area contributed by atoms with E-state index in [2.05, 4.69) is 25.3 Å². The van der Waals surface area contributed by atoms with Crippen LogP contribution in [-0.4, -0.2) is 16.3 Å². The summed E-state index contributed by atoms with van der Waals surface area (Å²) < 4.78 is 6.81. The van der Waals surface area contributed by atoms with Crippen LogP contribution in [0.2, 0.25) is 0 Å². The Bertz CT molecular complexity index is 405. The maximum Gasteiger partial charge on any atom is 0.419 e. The fourth-order valence-electron chi connectivity index (χ4n) is 1.39. The first-order chi connectivity index (χ1) is 7.15. The van der Waals surface area contributed by atoms with Crippen LogP contribution in [-0.2, 0) is 4.74 Å². The molecule has 0 saturated carbocycles. The van der Waals surface area contributed by atoms with E-state index in [9.17, 15) is 4.79 Å². The fraction of sp³-hybridized carbons (Fsp3) is 0.545. The Balaban J connectivity index is 3.15. The molecule has 0 aromatic carbocycles. The average Bonchev–Trinajstić information content (AvgIpc) is 2.28. The van der Waals surface area contributed by atoms with Crippen molar-refractivity contribution in [3.8, 4) is 0 Å². The van der Waals surface area contributed by atoms with Gasteiger partial charge in [-0.25, -0.2) is 4.79 Å². The van der Waals surface area contributed by atoms with E-state index < -0.39 is 11.7 Å². The Labute approximate surface area is 107 Å². The molecule has 0 radical (unpaired) electrons. The summed E-state index contributed by atoms with van der Waals surface area (Å²) in [6.45, 7) is 9.14. The Morgan fingerprint density at radius 1 is 1.12 bits per heavy atom. The number of aromatic nitrogens is 1.